The largest absolute Gasteiger partial charge is 0.469 e. The van der Waals surface area contributed by atoms with Crippen LogP contribution in [0.2, 0.25) is 0 Å². The van der Waals surface area contributed by atoms with E-state index in [1.165, 1.54) is 7.11 Å². The number of fused-ring (bicyclic) bond motifs is 5. The molecule has 34 heavy (non-hydrogen) atoms. The molecule has 178 valence electrons. The lowest BCUT2D eigenvalue weighted by atomic mass is 9.62. The predicted octanol–water partition coefficient (Wildman–Crippen LogP) is 2.36. The lowest BCUT2D eigenvalue weighted by molar-refractivity contribution is -0.159. The van der Waals surface area contributed by atoms with Gasteiger partial charge in [-0.3, -0.25) is 24.4 Å². The fourth-order valence-electron chi connectivity index (χ4n) is 7.29. The summed E-state index contributed by atoms with van der Waals surface area (Å²) in [5.74, 6) is 0.0312. The third-order valence-corrected chi connectivity index (χ3v) is 8.74. The van der Waals surface area contributed by atoms with Gasteiger partial charge in [-0.2, -0.15) is 0 Å². The maximum absolute atomic E-state index is 14.3. The van der Waals surface area contributed by atoms with Crippen molar-refractivity contribution < 1.29 is 19.4 Å². The molecular formula is C26H30N4O4. The Labute approximate surface area is 198 Å². The minimum Gasteiger partial charge on any atom is -0.469 e. The van der Waals surface area contributed by atoms with E-state index in [0.29, 0.717) is 24.6 Å². The number of benzene rings is 1. The molecule has 6 rings (SSSR count). The Kier molecular flexibility index (Phi) is 5.00. The first kappa shape index (κ1) is 21.7. The number of aliphatic hydroxyl groups excluding tert-OH is 1. The number of ether oxygens (including phenoxy) is 1. The molecule has 2 saturated heterocycles. The number of hydrogen-bond donors (Lipinski definition) is 1. The summed E-state index contributed by atoms with van der Waals surface area (Å²) in [5, 5.41) is 10.7. The molecule has 8 nitrogen and oxygen atoms in total. The molecular weight excluding hydrogens is 432 g/mol. The number of carbonyl (C=O) groups excluding carboxylic acids is 2. The van der Waals surface area contributed by atoms with Crippen LogP contribution in [-0.4, -0.2) is 64.2 Å². The van der Waals surface area contributed by atoms with Crippen molar-refractivity contribution in [3.63, 3.8) is 0 Å². The number of anilines is 2. The summed E-state index contributed by atoms with van der Waals surface area (Å²) in [7, 11) is 1.39. The van der Waals surface area contributed by atoms with Crippen LogP contribution < -0.4 is 4.90 Å². The Balaban J connectivity index is 1.43. The molecule has 1 saturated carbocycles. The first-order valence-electron chi connectivity index (χ1n) is 12.2. The number of piperidine rings is 1. The van der Waals surface area contributed by atoms with E-state index < -0.39 is 17.4 Å². The second kappa shape index (κ2) is 7.85. The highest BCUT2D eigenvalue weighted by atomic mass is 16.5. The van der Waals surface area contributed by atoms with Gasteiger partial charge in [0.1, 0.15) is 0 Å². The van der Waals surface area contributed by atoms with Gasteiger partial charge in [-0.25, -0.2) is 4.98 Å². The van der Waals surface area contributed by atoms with Gasteiger partial charge < -0.3 is 9.84 Å². The number of nitrogens with zero attached hydrogens (tertiary/aromatic N) is 4. The SMILES string of the molecule is COC(=O)[C@@H]1[C@H]2C[C@@H]3N(CC[C@@]34C(=O)N(c3cncc(C)n3)c3ccccc34)C[C@@H]2CC[C@@H]1O. The number of aromatic nitrogens is 2. The Morgan fingerprint density at radius 3 is 2.85 bits per heavy atom. The van der Waals surface area contributed by atoms with Crippen LogP contribution in [0.5, 0.6) is 0 Å². The lowest BCUT2D eigenvalue weighted by Gasteiger charge is -2.50. The molecule has 1 N–H and O–H groups in total. The van der Waals surface area contributed by atoms with Crippen LogP contribution in [-0.2, 0) is 19.7 Å². The minimum absolute atomic E-state index is 0.000184. The number of amides is 1. The summed E-state index contributed by atoms with van der Waals surface area (Å²) in [6, 6.07) is 7.97. The average Bonchev–Trinajstić information content (AvgIpc) is 3.33. The van der Waals surface area contributed by atoms with E-state index in [2.05, 4.69) is 20.9 Å². The van der Waals surface area contributed by atoms with E-state index >= 15 is 0 Å². The predicted molar refractivity (Wildman–Crippen MR) is 124 cm³/mol. The zero-order valence-electron chi connectivity index (χ0n) is 19.6. The molecule has 0 radical (unpaired) electrons. The third-order valence-electron chi connectivity index (χ3n) is 8.74. The highest BCUT2D eigenvalue weighted by molar-refractivity contribution is 6.13. The van der Waals surface area contributed by atoms with E-state index in [-0.39, 0.29) is 23.8 Å². The lowest BCUT2D eigenvalue weighted by Crippen LogP contribution is -2.58. The Morgan fingerprint density at radius 2 is 2.06 bits per heavy atom. The molecule has 0 bridgehead atoms. The van der Waals surface area contributed by atoms with Crippen LogP contribution in [0.3, 0.4) is 0 Å². The summed E-state index contributed by atoms with van der Waals surface area (Å²) >= 11 is 0. The quantitative estimate of drug-likeness (QED) is 0.685. The van der Waals surface area contributed by atoms with E-state index in [0.717, 1.165) is 42.9 Å². The Bertz CT molecular complexity index is 1160. The van der Waals surface area contributed by atoms with Gasteiger partial charge in [0.2, 0.25) is 5.91 Å². The van der Waals surface area contributed by atoms with E-state index in [9.17, 15) is 14.7 Å². The van der Waals surface area contributed by atoms with Crippen molar-refractivity contribution in [2.24, 2.45) is 17.8 Å². The standard InChI is InChI=1S/C26H30N4O4/c1-15-12-27-13-22(28-15)30-19-6-4-3-5-18(19)26(25(30)33)9-10-29-14-16-7-8-20(31)23(24(32)34-2)17(16)11-21(26)29/h3-6,12-13,16-17,20-21,23,31H,7-11,14H2,1-2H3/t16-,17-,20-,21-,23+,26-/m0/s1. The maximum Gasteiger partial charge on any atom is 0.311 e. The maximum atomic E-state index is 14.3. The molecule has 1 aromatic heterocycles. The fraction of sp³-hybridized carbons (Fsp3) is 0.538. The summed E-state index contributed by atoms with van der Waals surface area (Å²) in [5.41, 5.74) is 1.95. The molecule has 3 aliphatic heterocycles. The number of aryl methyl sites for hydroxylation is 1. The number of methoxy groups -OCH3 is 1. The van der Waals surface area contributed by atoms with Gasteiger partial charge in [0.15, 0.2) is 5.82 Å². The second-order valence-electron chi connectivity index (χ2n) is 10.3. The summed E-state index contributed by atoms with van der Waals surface area (Å²) in [4.78, 5) is 40.1. The van der Waals surface area contributed by atoms with E-state index in [1.54, 1.807) is 17.3 Å². The molecule has 6 atom stereocenters. The zero-order valence-corrected chi connectivity index (χ0v) is 19.6. The molecule has 3 fully saturated rings. The molecule has 0 unspecified atom stereocenters. The van der Waals surface area contributed by atoms with Gasteiger partial charge >= 0.3 is 5.97 Å². The number of aliphatic hydroxyl groups is 1. The monoisotopic (exact) mass is 462 g/mol. The number of hydrogen-bond acceptors (Lipinski definition) is 7. The first-order chi connectivity index (χ1) is 16.5. The zero-order chi connectivity index (χ0) is 23.6. The van der Waals surface area contributed by atoms with Gasteiger partial charge in [0.25, 0.3) is 0 Å². The number of rotatable bonds is 2. The van der Waals surface area contributed by atoms with Crippen LogP contribution in [0.1, 0.15) is 36.9 Å². The van der Waals surface area contributed by atoms with Gasteiger partial charge in [0.05, 0.1) is 42.1 Å². The van der Waals surface area contributed by atoms with Crippen LogP contribution >= 0.6 is 0 Å². The van der Waals surface area contributed by atoms with Crippen LogP contribution in [0.15, 0.2) is 36.7 Å². The average molecular weight is 463 g/mol. The first-order valence-corrected chi connectivity index (χ1v) is 12.2. The van der Waals surface area contributed by atoms with Gasteiger partial charge in [-0.15, -0.1) is 0 Å². The number of carbonyl (C=O) groups is 2. The molecule has 1 spiro atoms. The molecule has 2 aromatic rings. The number of esters is 1. The fourth-order valence-corrected chi connectivity index (χ4v) is 7.29. The molecule has 4 aliphatic rings. The molecule has 4 heterocycles. The van der Waals surface area contributed by atoms with Crippen molar-refractivity contribution in [3.05, 3.63) is 47.9 Å². The third kappa shape index (κ3) is 2.91. The van der Waals surface area contributed by atoms with Crippen LogP contribution in [0.4, 0.5) is 11.5 Å². The van der Waals surface area contributed by atoms with Gasteiger partial charge in [-0.05, 0) is 62.6 Å². The van der Waals surface area contributed by atoms with Crippen molar-refractivity contribution in [2.45, 2.75) is 50.2 Å². The van der Waals surface area contributed by atoms with Crippen molar-refractivity contribution in [2.75, 3.05) is 25.1 Å². The Hall–Kier alpha value is -2.84. The van der Waals surface area contributed by atoms with Gasteiger partial charge in [0, 0.05) is 18.8 Å². The number of para-hydroxylation sites is 1. The molecule has 8 heteroatoms. The van der Waals surface area contributed by atoms with Crippen molar-refractivity contribution in [3.8, 4) is 0 Å². The highest BCUT2D eigenvalue weighted by Gasteiger charge is 2.63. The van der Waals surface area contributed by atoms with E-state index in [1.807, 2.05) is 25.1 Å². The summed E-state index contributed by atoms with van der Waals surface area (Å²) < 4.78 is 5.10. The molecule has 1 amide bonds. The highest BCUT2D eigenvalue weighted by Crippen LogP contribution is 2.57. The van der Waals surface area contributed by atoms with Crippen molar-refractivity contribution in [1.82, 2.24) is 14.9 Å². The van der Waals surface area contributed by atoms with Crippen LogP contribution in [0, 0.1) is 24.7 Å². The van der Waals surface area contributed by atoms with Crippen LogP contribution in [0.25, 0.3) is 0 Å². The normalized spacial score (nSPS) is 34.6. The molecule has 1 aliphatic carbocycles. The van der Waals surface area contributed by atoms with Crippen molar-refractivity contribution in [1.29, 1.82) is 0 Å². The topological polar surface area (TPSA) is 95.9 Å². The van der Waals surface area contributed by atoms with E-state index in [4.69, 9.17) is 4.74 Å². The van der Waals surface area contributed by atoms with Gasteiger partial charge in [-0.1, -0.05) is 18.2 Å². The second-order valence-corrected chi connectivity index (χ2v) is 10.3. The smallest absolute Gasteiger partial charge is 0.311 e. The van der Waals surface area contributed by atoms with Crippen molar-refractivity contribution >= 4 is 23.4 Å². The minimum atomic E-state index is -0.698. The Morgan fingerprint density at radius 1 is 1.24 bits per heavy atom. The summed E-state index contributed by atoms with van der Waals surface area (Å²) in [6.45, 7) is 3.56. The molecule has 1 aromatic carbocycles. The summed E-state index contributed by atoms with van der Waals surface area (Å²) in [6.07, 6.45) is 5.57.